The molecule has 0 aliphatic carbocycles. The minimum absolute atomic E-state index is 0.206. The van der Waals surface area contributed by atoms with Crippen LogP contribution in [0.4, 0.5) is 4.79 Å². The van der Waals surface area contributed by atoms with Gasteiger partial charge < -0.3 is 14.4 Å². The first-order valence-electron chi connectivity index (χ1n) is 8.24. The smallest absolute Gasteiger partial charge is 0.410 e. The molecule has 1 aromatic rings. The van der Waals surface area contributed by atoms with Crippen molar-refractivity contribution in [2.75, 3.05) is 19.7 Å². The van der Waals surface area contributed by atoms with E-state index in [0.29, 0.717) is 19.1 Å². The number of hydrogen-bond acceptors (Lipinski definition) is 5. The maximum Gasteiger partial charge on any atom is 0.410 e. The number of rotatable bonds is 5. The molecular weight excluding hydrogens is 294 g/mol. The van der Waals surface area contributed by atoms with Crippen LogP contribution in [0.25, 0.3) is 0 Å². The van der Waals surface area contributed by atoms with E-state index in [-0.39, 0.29) is 6.09 Å². The normalized spacial score (nSPS) is 18.7. The molecule has 0 radical (unpaired) electrons. The number of amides is 1. The average Bonchev–Trinajstić information content (AvgIpc) is 2.51. The highest BCUT2D eigenvalue weighted by molar-refractivity contribution is 5.68. The number of hydrogen-bond donors (Lipinski definition) is 0. The molecular formula is C17H27N3O3. The lowest BCUT2D eigenvalue weighted by atomic mass is 9.95. The number of carbonyl (C=O) groups is 1. The molecule has 1 fully saturated rings. The first-order valence-corrected chi connectivity index (χ1v) is 8.24. The summed E-state index contributed by atoms with van der Waals surface area (Å²) in [5, 5.41) is 0. The predicted octanol–water partition coefficient (Wildman–Crippen LogP) is 3.03. The lowest BCUT2D eigenvalue weighted by molar-refractivity contribution is 0.0135. The molecule has 128 valence electrons. The molecule has 0 saturated carbocycles. The third-order valence-electron chi connectivity index (χ3n) is 3.71. The van der Waals surface area contributed by atoms with Crippen molar-refractivity contribution in [3.63, 3.8) is 0 Å². The fraction of sp³-hybridized carbons (Fsp3) is 0.706. The van der Waals surface area contributed by atoms with E-state index in [9.17, 15) is 4.79 Å². The van der Waals surface area contributed by atoms with E-state index < -0.39 is 5.60 Å². The van der Waals surface area contributed by atoms with Crippen molar-refractivity contribution in [1.82, 2.24) is 14.9 Å². The molecule has 1 aromatic heterocycles. The Hall–Kier alpha value is -1.69. The van der Waals surface area contributed by atoms with Gasteiger partial charge in [0.2, 0.25) is 0 Å². The molecule has 1 amide bonds. The fourth-order valence-electron chi connectivity index (χ4n) is 2.62. The second-order valence-corrected chi connectivity index (χ2v) is 6.97. The standard InChI is InChI=1S/C17H27N3O3/c1-17(2,3)23-16(21)20-9-4-5-14(12-20)6-10-22-13-15-11-18-7-8-19-15/h7-8,11,14H,4-6,9-10,12-13H2,1-3H3. The van der Waals surface area contributed by atoms with Crippen LogP contribution >= 0.6 is 0 Å². The summed E-state index contributed by atoms with van der Waals surface area (Å²) >= 11 is 0. The van der Waals surface area contributed by atoms with E-state index in [1.165, 1.54) is 0 Å². The van der Waals surface area contributed by atoms with E-state index in [1.54, 1.807) is 18.6 Å². The molecule has 1 aliphatic rings. The van der Waals surface area contributed by atoms with Crippen LogP contribution in [0.1, 0.15) is 45.7 Å². The number of ether oxygens (including phenoxy) is 2. The van der Waals surface area contributed by atoms with Crippen LogP contribution in [-0.2, 0) is 16.1 Å². The molecule has 1 aliphatic heterocycles. The highest BCUT2D eigenvalue weighted by Crippen LogP contribution is 2.21. The second kappa shape index (κ2) is 8.24. The molecule has 1 atom stereocenters. The minimum atomic E-state index is -0.441. The van der Waals surface area contributed by atoms with E-state index in [4.69, 9.17) is 9.47 Å². The molecule has 2 heterocycles. The number of piperidine rings is 1. The van der Waals surface area contributed by atoms with Gasteiger partial charge in [0.1, 0.15) is 5.60 Å². The second-order valence-electron chi connectivity index (χ2n) is 6.97. The first-order chi connectivity index (χ1) is 10.9. The van der Waals surface area contributed by atoms with Crippen LogP contribution in [0.3, 0.4) is 0 Å². The van der Waals surface area contributed by atoms with Gasteiger partial charge >= 0.3 is 6.09 Å². The van der Waals surface area contributed by atoms with Crippen LogP contribution in [0, 0.1) is 5.92 Å². The maximum atomic E-state index is 12.1. The van der Waals surface area contributed by atoms with Crippen LogP contribution in [-0.4, -0.2) is 46.3 Å². The Balaban J connectivity index is 1.68. The summed E-state index contributed by atoms with van der Waals surface area (Å²) in [6.07, 6.45) is 7.92. The van der Waals surface area contributed by atoms with Gasteiger partial charge in [0, 0.05) is 32.1 Å². The summed E-state index contributed by atoms with van der Waals surface area (Å²) in [5.41, 5.74) is 0.399. The SMILES string of the molecule is CC(C)(C)OC(=O)N1CCCC(CCOCc2cnccn2)C1. The van der Waals surface area contributed by atoms with E-state index in [0.717, 1.165) is 38.0 Å². The van der Waals surface area contributed by atoms with E-state index >= 15 is 0 Å². The number of carbonyl (C=O) groups excluding carboxylic acids is 1. The third-order valence-corrected chi connectivity index (χ3v) is 3.71. The zero-order chi connectivity index (χ0) is 16.7. The fourth-order valence-corrected chi connectivity index (χ4v) is 2.62. The van der Waals surface area contributed by atoms with Crippen molar-refractivity contribution in [2.45, 2.75) is 52.2 Å². The van der Waals surface area contributed by atoms with Gasteiger partial charge in [0.25, 0.3) is 0 Å². The van der Waals surface area contributed by atoms with Gasteiger partial charge in [0.15, 0.2) is 0 Å². The highest BCUT2D eigenvalue weighted by Gasteiger charge is 2.27. The molecule has 6 heteroatoms. The van der Waals surface area contributed by atoms with E-state index in [1.807, 2.05) is 25.7 Å². The highest BCUT2D eigenvalue weighted by atomic mass is 16.6. The van der Waals surface area contributed by atoms with Crippen molar-refractivity contribution in [3.8, 4) is 0 Å². The lowest BCUT2D eigenvalue weighted by Crippen LogP contribution is -2.43. The van der Waals surface area contributed by atoms with Crippen LogP contribution in [0.2, 0.25) is 0 Å². The molecule has 1 unspecified atom stereocenters. The van der Waals surface area contributed by atoms with Crippen molar-refractivity contribution in [1.29, 1.82) is 0 Å². The largest absolute Gasteiger partial charge is 0.444 e. The van der Waals surface area contributed by atoms with Gasteiger partial charge in [-0.2, -0.15) is 0 Å². The van der Waals surface area contributed by atoms with Crippen LogP contribution < -0.4 is 0 Å². The Labute approximate surface area is 138 Å². The molecule has 0 aromatic carbocycles. The van der Waals surface area contributed by atoms with Gasteiger partial charge in [-0.25, -0.2) is 4.79 Å². The summed E-state index contributed by atoms with van der Waals surface area (Å²) in [6, 6.07) is 0. The molecule has 6 nitrogen and oxygen atoms in total. The summed E-state index contributed by atoms with van der Waals surface area (Å²) in [6.45, 7) is 8.38. The number of nitrogens with zero attached hydrogens (tertiary/aromatic N) is 3. The van der Waals surface area contributed by atoms with Gasteiger partial charge in [-0.1, -0.05) is 0 Å². The molecule has 23 heavy (non-hydrogen) atoms. The minimum Gasteiger partial charge on any atom is -0.444 e. The molecule has 0 bridgehead atoms. The maximum absolute atomic E-state index is 12.1. The first kappa shape index (κ1) is 17.7. The molecule has 0 N–H and O–H groups in total. The lowest BCUT2D eigenvalue weighted by Gasteiger charge is -2.34. The Bertz CT molecular complexity index is 488. The monoisotopic (exact) mass is 321 g/mol. The summed E-state index contributed by atoms with van der Waals surface area (Å²) in [4.78, 5) is 22.1. The third kappa shape index (κ3) is 6.52. The predicted molar refractivity (Wildman–Crippen MR) is 86.8 cm³/mol. The topological polar surface area (TPSA) is 64.5 Å². The Morgan fingerprint density at radius 3 is 2.91 bits per heavy atom. The zero-order valence-electron chi connectivity index (χ0n) is 14.3. The zero-order valence-corrected chi connectivity index (χ0v) is 14.3. The van der Waals surface area contributed by atoms with E-state index in [2.05, 4.69) is 9.97 Å². The average molecular weight is 321 g/mol. The van der Waals surface area contributed by atoms with Crippen molar-refractivity contribution in [2.24, 2.45) is 5.92 Å². The quantitative estimate of drug-likeness (QED) is 0.780. The Morgan fingerprint density at radius 2 is 2.22 bits per heavy atom. The Morgan fingerprint density at radius 1 is 1.39 bits per heavy atom. The Kier molecular flexibility index (Phi) is 6.33. The van der Waals surface area contributed by atoms with Gasteiger partial charge in [-0.15, -0.1) is 0 Å². The van der Waals surface area contributed by atoms with Gasteiger partial charge in [-0.3, -0.25) is 9.97 Å². The number of aromatic nitrogens is 2. The van der Waals surface area contributed by atoms with Gasteiger partial charge in [0.05, 0.1) is 18.5 Å². The summed E-state index contributed by atoms with van der Waals surface area (Å²) < 4.78 is 11.1. The van der Waals surface area contributed by atoms with Crippen LogP contribution in [0.5, 0.6) is 0 Å². The molecule has 0 spiro atoms. The van der Waals surface area contributed by atoms with Crippen molar-refractivity contribution < 1.29 is 14.3 Å². The number of likely N-dealkylation sites (tertiary alicyclic amines) is 1. The van der Waals surface area contributed by atoms with Crippen molar-refractivity contribution in [3.05, 3.63) is 24.3 Å². The van der Waals surface area contributed by atoms with Crippen molar-refractivity contribution >= 4 is 6.09 Å². The molecule has 2 rings (SSSR count). The summed E-state index contributed by atoms with van der Waals surface area (Å²) in [7, 11) is 0. The van der Waals surface area contributed by atoms with Crippen LogP contribution in [0.15, 0.2) is 18.6 Å². The molecule has 1 saturated heterocycles. The summed E-state index contributed by atoms with van der Waals surface area (Å²) in [5.74, 6) is 0.470. The van der Waals surface area contributed by atoms with Gasteiger partial charge in [-0.05, 0) is 46.0 Å².